The number of allylic oxidation sites excluding steroid dienone is 1. The second-order valence-electron chi connectivity index (χ2n) is 6.15. The van der Waals surface area contributed by atoms with Crippen molar-refractivity contribution in [2.24, 2.45) is 11.7 Å². The minimum Gasteiger partial charge on any atom is -0.390 e. The van der Waals surface area contributed by atoms with Gasteiger partial charge in [-0.05, 0) is 23.5 Å². The smallest absolute Gasteiger partial charge is 0.0830 e. The van der Waals surface area contributed by atoms with Gasteiger partial charge in [-0.15, -0.1) is 0 Å². The zero-order valence-corrected chi connectivity index (χ0v) is 12.5. The monoisotopic (exact) mass is 274 g/mol. The zero-order valence-electron chi connectivity index (χ0n) is 12.5. The molecule has 0 bridgehead atoms. The van der Waals surface area contributed by atoms with Crippen LogP contribution in [-0.4, -0.2) is 41.8 Å². The van der Waals surface area contributed by atoms with Crippen molar-refractivity contribution in [1.82, 2.24) is 4.90 Å². The first kappa shape index (κ1) is 15.2. The highest BCUT2D eigenvalue weighted by molar-refractivity contribution is 5.66. The van der Waals surface area contributed by atoms with Gasteiger partial charge in [0, 0.05) is 25.7 Å². The molecule has 1 aliphatic rings. The number of nitrogens with two attached hydrogens (primary N) is 1. The molecule has 1 aromatic carbocycles. The molecule has 2 rings (SSSR count). The molecule has 1 fully saturated rings. The van der Waals surface area contributed by atoms with Crippen molar-refractivity contribution in [1.29, 1.82) is 0 Å². The zero-order chi connectivity index (χ0) is 14.5. The molecule has 0 saturated carbocycles. The maximum absolute atomic E-state index is 9.78. The number of benzene rings is 1. The lowest BCUT2D eigenvalue weighted by atomic mass is 10.0. The lowest BCUT2D eigenvalue weighted by Gasteiger charge is -2.18. The van der Waals surface area contributed by atoms with Gasteiger partial charge in [0.25, 0.3) is 0 Å². The molecule has 110 valence electrons. The molecule has 3 heteroatoms. The molecule has 1 aromatic rings. The first-order chi connectivity index (χ1) is 9.56. The highest BCUT2D eigenvalue weighted by atomic mass is 16.3. The van der Waals surface area contributed by atoms with Crippen LogP contribution in [-0.2, 0) is 0 Å². The number of β-amino-alcohol motifs (C(OH)–C–C–N with tert-alkyl or cyclic N) is 1. The number of hydrogen-bond donors (Lipinski definition) is 2. The summed E-state index contributed by atoms with van der Waals surface area (Å²) in [4.78, 5) is 2.24. The first-order valence-electron chi connectivity index (χ1n) is 7.46. The summed E-state index contributed by atoms with van der Waals surface area (Å²) in [6, 6.07) is 10.4. The standard InChI is InChI=1S/C17H26N2O/c1-13(2)8-9-15(14-6-4-3-5-7-14)10-19-11-16(18)17(20)12-19/h3-7,9,13,16-17,20H,8,10-12,18H2,1-2H3. The predicted octanol–water partition coefficient (Wildman–Crippen LogP) is 2.12. The Morgan fingerprint density at radius 1 is 1.35 bits per heavy atom. The summed E-state index contributed by atoms with van der Waals surface area (Å²) >= 11 is 0. The predicted molar refractivity (Wildman–Crippen MR) is 84.3 cm³/mol. The highest BCUT2D eigenvalue weighted by Crippen LogP contribution is 2.20. The van der Waals surface area contributed by atoms with E-state index in [9.17, 15) is 5.11 Å². The molecule has 3 nitrogen and oxygen atoms in total. The van der Waals surface area contributed by atoms with Crippen molar-refractivity contribution in [2.75, 3.05) is 19.6 Å². The molecule has 0 aliphatic carbocycles. The Morgan fingerprint density at radius 2 is 2.05 bits per heavy atom. The van der Waals surface area contributed by atoms with E-state index in [1.54, 1.807) is 0 Å². The Balaban J connectivity index is 2.09. The van der Waals surface area contributed by atoms with Gasteiger partial charge in [-0.3, -0.25) is 4.90 Å². The fourth-order valence-electron chi connectivity index (χ4n) is 2.57. The van der Waals surface area contributed by atoms with Gasteiger partial charge in [0.2, 0.25) is 0 Å². The first-order valence-corrected chi connectivity index (χ1v) is 7.46. The number of rotatable bonds is 5. The molecule has 0 aromatic heterocycles. The highest BCUT2D eigenvalue weighted by Gasteiger charge is 2.28. The van der Waals surface area contributed by atoms with E-state index in [0.29, 0.717) is 12.5 Å². The Hall–Kier alpha value is -1.16. The summed E-state index contributed by atoms with van der Waals surface area (Å²) < 4.78 is 0. The largest absolute Gasteiger partial charge is 0.390 e. The van der Waals surface area contributed by atoms with Gasteiger partial charge >= 0.3 is 0 Å². The van der Waals surface area contributed by atoms with Crippen LogP contribution in [0.2, 0.25) is 0 Å². The number of aliphatic hydroxyl groups excluding tert-OH is 1. The molecule has 0 radical (unpaired) electrons. The number of aliphatic hydroxyl groups is 1. The lowest BCUT2D eigenvalue weighted by molar-refractivity contribution is 0.168. The van der Waals surface area contributed by atoms with Crippen LogP contribution in [0.15, 0.2) is 36.4 Å². The Kier molecular flexibility index (Phi) is 5.35. The van der Waals surface area contributed by atoms with Crippen molar-refractivity contribution in [3.63, 3.8) is 0 Å². The van der Waals surface area contributed by atoms with E-state index in [1.807, 2.05) is 6.07 Å². The molecule has 20 heavy (non-hydrogen) atoms. The second kappa shape index (κ2) is 7.02. The van der Waals surface area contributed by atoms with E-state index >= 15 is 0 Å². The van der Waals surface area contributed by atoms with Crippen molar-refractivity contribution in [3.05, 3.63) is 42.0 Å². The molecular weight excluding hydrogens is 248 g/mol. The summed E-state index contributed by atoms with van der Waals surface area (Å²) in [5.41, 5.74) is 8.49. The summed E-state index contributed by atoms with van der Waals surface area (Å²) in [5.74, 6) is 0.653. The van der Waals surface area contributed by atoms with Gasteiger partial charge in [-0.1, -0.05) is 50.3 Å². The maximum Gasteiger partial charge on any atom is 0.0830 e. The van der Waals surface area contributed by atoms with Crippen molar-refractivity contribution in [2.45, 2.75) is 32.4 Å². The third-order valence-corrected chi connectivity index (χ3v) is 3.78. The molecule has 1 heterocycles. The van der Waals surface area contributed by atoms with Gasteiger partial charge in [0.05, 0.1) is 6.10 Å². The van der Waals surface area contributed by atoms with E-state index in [2.05, 4.69) is 49.1 Å². The van der Waals surface area contributed by atoms with E-state index in [1.165, 1.54) is 11.1 Å². The van der Waals surface area contributed by atoms with Crippen LogP contribution < -0.4 is 5.73 Å². The molecule has 3 N–H and O–H groups in total. The van der Waals surface area contributed by atoms with E-state index in [4.69, 9.17) is 5.73 Å². The minimum atomic E-state index is -0.392. The summed E-state index contributed by atoms with van der Waals surface area (Å²) in [7, 11) is 0. The Labute approximate surface area is 122 Å². The van der Waals surface area contributed by atoms with E-state index < -0.39 is 6.10 Å². The van der Waals surface area contributed by atoms with Gasteiger partial charge in [-0.25, -0.2) is 0 Å². The van der Waals surface area contributed by atoms with Crippen LogP contribution in [0.1, 0.15) is 25.8 Å². The second-order valence-corrected chi connectivity index (χ2v) is 6.15. The Morgan fingerprint density at radius 3 is 2.60 bits per heavy atom. The van der Waals surface area contributed by atoms with Crippen molar-refractivity contribution >= 4 is 5.57 Å². The summed E-state index contributed by atoms with van der Waals surface area (Å²) in [6.07, 6.45) is 3.01. The van der Waals surface area contributed by atoms with Crippen LogP contribution in [0, 0.1) is 5.92 Å². The van der Waals surface area contributed by atoms with Gasteiger partial charge in [0.15, 0.2) is 0 Å². The molecule has 2 unspecified atom stereocenters. The van der Waals surface area contributed by atoms with E-state index in [0.717, 1.165) is 19.5 Å². The lowest BCUT2D eigenvalue weighted by Crippen LogP contribution is -2.32. The van der Waals surface area contributed by atoms with Crippen LogP contribution in [0.3, 0.4) is 0 Å². The van der Waals surface area contributed by atoms with Gasteiger partial charge in [-0.2, -0.15) is 0 Å². The van der Waals surface area contributed by atoms with Crippen LogP contribution in [0.5, 0.6) is 0 Å². The van der Waals surface area contributed by atoms with Crippen molar-refractivity contribution in [3.8, 4) is 0 Å². The van der Waals surface area contributed by atoms with Gasteiger partial charge < -0.3 is 10.8 Å². The average Bonchev–Trinajstić information content (AvgIpc) is 2.74. The molecule has 0 spiro atoms. The SMILES string of the molecule is CC(C)CC=C(CN1CC(N)C(O)C1)c1ccccc1. The quantitative estimate of drug-likeness (QED) is 0.864. The molecule has 2 atom stereocenters. The maximum atomic E-state index is 9.78. The van der Waals surface area contributed by atoms with Gasteiger partial charge in [0.1, 0.15) is 0 Å². The third kappa shape index (κ3) is 4.17. The van der Waals surface area contributed by atoms with Crippen molar-refractivity contribution < 1.29 is 5.11 Å². The topological polar surface area (TPSA) is 49.5 Å². The number of likely N-dealkylation sites (tertiary alicyclic amines) is 1. The van der Waals surface area contributed by atoms with Crippen LogP contribution >= 0.6 is 0 Å². The fraction of sp³-hybridized carbons (Fsp3) is 0.529. The van der Waals surface area contributed by atoms with Crippen LogP contribution in [0.25, 0.3) is 5.57 Å². The Bertz CT molecular complexity index is 432. The molecule has 0 amide bonds. The minimum absolute atomic E-state index is 0.114. The summed E-state index contributed by atoms with van der Waals surface area (Å²) in [6.45, 7) is 6.77. The number of nitrogens with zero attached hydrogens (tertiary/aromatic N) is 1. The average molecular weight is 274 g/mol. The summed E-state index contributed by atoms with van der Waals surface area (Å²) in [5, 5.41) is 9.78. The molecule has 1 aliphatic heterocycles. The van der Waals surface area contributed by atoms with Crippen LogP contribution in [0.4, 0.5) is 0 Å². The van der Waals surface area contributed by atoms with E-state index in [-0.39, 0.29) is 6.04 Å². The third-order valence-electron chi connectivity index (χ3n) is 3.78. The molecule has 1 saturated heterocycles. The fourth-order valence-corrected chi connectivity index (χ4v) is 2.57. The molecular formula is C17H26N2O. The number of hydrogen-bond acceptors (Lipinski definition) is 3. The normalized spacial score (nSPS) is 24.6.